The Hall–Kier alpha value is -2.80. The van der Waals surface area contributed by atoms with Crippen molar-refractivity contribution >= 4 is 66.0 Å². The second kappa shape index (κ2) is 17.2. The Morgan fingerprint density at radius 2 is 0.951 bits per heavy atom. The third-order valence-electron chi connectivity index (χ3n) is 6.14. The molecule has 0 heterocycles. The molecule has 5 aromatic rings. The summed E-state index contributed by atoms with van der Waals surface area (Å²) < 4.78 is 0. The SMILES string of the molecule is [Cl][Cr+]([Cl])[Cl].c1ccc(C(=NCCN(c2ccccc2)c2ccccc2)N[PH+](c2ccccc2)c2ccccc2)cc1. The molecule has 0 aliphatic rings. The maximum Gasteiger partial charge on any atom is 0.161 e. The predicted molar refractivity (Wildman–Crippen MR) is 179 cm³/mol. The molecule has 0 unspecified atom stereocenters. The van der Waals surface area contributed by atoms with Crippen molar-refractivity contribution in [2.45, 2.75) is 0 Å². The van der Waals surface area contributed by atoms with Gasteiger partial charge in [0.1, 0.15) is 10.6 Å². The summed E-state index contributed by atoms with van der Waals surface area (Å²) in [4.78, 5) is 7.49. The van der Waals surface area contributed by atoms with E-state index in [0.717, 1.165) is 29.3 Å². The van der Waals surface area contributed by atoms with Crippen molar-refractivity contribution in [2.24, 2.45) is 4.99 Å². The number of anilines is 2. The van der Waals surface area contributed by atoms with E-state index in [2.05, 4.69) is 156 Å². The number of para-hydroxylation sites is 2. The Bertz CT molecular complexity index is 1360. The van der Waals surface area contributed by atoms with Crippen molar-refractivity contribution in [1.29, 1.82) is 0 Å². The van der Waals surface area contributed by atoms with E-state index < -0.39 is 19.5 Å². The Labute approximate surface area is 261 Å². The summed E-state index contributed by atoms with van der Waals surface area (Å²) in [5.41, 5.74) is 3.43. The number of halogens is 3. The van der Waals surface area contributed by atoms with Crippen molar-refractivity contribution in [3.8, 4) is 0 Å². The number of aliphatic imine (C=N–C) groups is 1. The van der Waals surface area contributed by atoms with E-state index in [-0.39, 0.29) is 0 Å². The van der Waals surface area contributed by atoms with Gasteiger partial charge in [-0.1, -0.05) is 103 Å². The van der Waals surface area contributed by atoms with Gasteiger partial charge >= 0.3 is 41.5 Å². The zero-order chi connectivity index (χ0) is 28.7. The first kappa shape index (κ1) is 31.1. The van der Waals surface area contributed by atoms with Crippen LogP contribution in [0.5, 0.6) is 0 Å². The third kappa shape index (κ3) is 10.2. The average molecular weight is 659 g/mol. The summed E-state index contributed by atoms with van der Waals surface area (Å²) in [6.07, 6.45) is 0. The first-order valence-corrected chi connectivity index (χ1v) is 19.8. The molecular formula is C33H31Cl3CrN3P+2. The standard InChI is InChI=1S/C33H30N3P.3ClH.Cr/c1-6-16-28(17-7-1)33(35-37(31-22-12-4-13-23-31)32-24-14-5-15-25-32)34-26-27-36(29-18-8-2-9-19-29)30-20-10-3-11-21-30;;;;/h1-25H,26-27H2,(H,34,35);3*1H;/q;;;;+4/p-2. The molecule has 5 rings (SSSR count). The molecule has 0 amide bonds. The Balaban J connectivity index is 0.000000909. The molecule has 41 heavy (non-hydrogen) atoms. The van der Waals surface area contributed by atoms with E-state index in [1.807, 2.05) is 6.07 Å². The van der Waals surface area contributed by atoms with Gasteiger partial charge in [-0.15, -0.1) is 0 Å². The smallest absolute Gasteiger partial charge is 0.161 e. The third-order valence-corrected chi connectivity index (χ3v) is 8.45. The Morgan fingerprint density at radius 1 is 0.585 bits per heavy atom. The summed E-state index contributed by atoms with van der Waals surface area (Å²) in [6.45, 7) is 1.42. The van der Waals surface area contributed by atoms with Crippen molar-refractivity contribution in [1.82, 2.24) is 5.09 Å². The minimum Gasteiger partial charge on any atom is -0.340 e. The van der Waals surface area contributed by atoms with E-state index in [1.165, 1.54) is 10.6 Å². The molecule has 0 aliphatic heterocycles. The van der Waals surface area contributed by atoms with E-state index >= 15 is 0 Å². The van der Waals surface area contributed by atoms with Crippen molar-refractivity contribution in [3.63, 3.8) is 0 Å². The molecular weight excluding hydrogens is 628 g/mol. The summed E-state index contributed by atoms with van der Waals surface area (Å²) >= 11 is -1.62. The van der Waals surface area contributed by atoms with Gasteiger partial charge in [0, 0.05) is 23.5 Å². The first-order valence-electron chi connectivity index (χ1n) is 13.1. The van der Waals surface area contributed by atoms with Crippen LogP contribution in [0.15, 0.2) is 157 Å². The molecule has 0 spiro atoms. The van der Waals surface area contributed by atoms with Crippen LogP contribution in [-0.4, -0.2) is 18.9 Å². The van der Waals surface area contributed by atoms with Crippen LogP contribution in [0.1, 0.15) is 5.56 Å². The van der Waals surface area contributed by atoms with Gasteiger partial charge < -0.3 is 4.90 Å². The molecule has 0 atom stereocenters. The molecule has 5 aromatic carbocycles. The summed E-state index contributed by atoms with van der Waals surface area (Å²) in [6, 6.07) is 53.0. The van der Waals surface area contributed by atoms with Crippen LogP contribution >= 0.6 is 38.2 Å². The number of hydrogen-bond acceptors (Lipinski definition) is 2. The van der Waals surface area contributed by atoms with Crippen LogP contribution in [0.3, 0.4) is 0 Å². The first-order chi connectivity index (χ1) is 20.1. The summed E-state index contributed by atoms with van der Waals surface area (Å²) in [7, 11) is 13.5. The van der Waals surface area contributed by atoms with Crippen LogP contribution in [0.4, 0.5) is 11.4 Å². The zero-order valence-electron chi connectivity index (χ0n) is 22.3. The second-order valence-corrected chi connectivity index (χ2v) is 17.3. The Kier molecular flexibility index (Phi) is 13.1. The molecule has 0 saturated carbocycles. The molecule has 3 nitrogen and oxygen atoms in total. The maximum absolute atomic E-state index is 5.16. The second-order valence-electron chi connectivity index (χ2n) is 8.83. The van der Waals surface area contributed by atoms with Gasteiger partial charge in [-0.25, -0.2) is 5.09 Å². The molecule has 0 fully saturated rings. The van der Waals surface area contributed by atoms with Gasteiger partial charge in [-0.2, -0.15) is 0 Å². The molecule has 0 aromatic heterocycles. The van der Waals surface area contributed by atoms with Crippen LogP contribution in [0, 0.1) is 0 Å². The van der Waals surface area contributed by atoms with Gasteiger partial charge in [0.25, 0.3) is 0 Å². The van der Waals surface area contributed by atoms with E-state index in [4.69, 9.17) is 35.1 Å². The normalized spacial score (nSPS) is 11.1. The summed E-state index contributed by atoms with van der Waals surface area (Å²) in [5.74, 6) is 0.934. The number of benzene rings is 5. The predicted octanol–water partition coefficient (Wildman–Crippen LogP) is 8.71. The van der Waals surface area contributed by atoms with Crippen LogP contribution in [0.25, 0.3) is 0 Å². The topological polar surface area (TPSA) is 27.6 Å². The fourth-order valence-corrected chi connectivity index (χ4v) is 6.46. The fraction of sp³-hybridized carbons (Fsp3) is 0.0606. The minimum atomic E-state index is -1.62. The quantitative estimate of drug-likeness (QED) is 0.0975. The van der Waals surface area contributed by atoms with E-state index in [1.54, 1.807) is 0 Å². The van der Waals surface area contributed by atoms with Gasteiger partial charge in [0.15, 0.2) is 13.9 Å². The van der Waals surface area contributed by atoms with Crippen LogP contribution in [0.2, 0.25) is 0 Å². The molecule has 8 heteroatoms. The summed E-state index contributed by atoms with van der Waals surface area (Å²) in [5, 5.41) is 6.50. The van der Waals surface area contributed by atoms with Gasteiger partial charge in [0.2, 0.25) is 0 Å². The molecule has 0 aliphatic carbocycles. The molecule has 208 valence electrons. The number of rotatable bonds is 9. The fourth-order valence-electron chi connectivity index (χ4n) is 4.32. The van der Waals surface area contributed by atoms with Crippen molar-refractivity contribution in [3.05, 3.63) is 157 Å². The van der Waals surface area contributed by atoms with Crippen LogP contribution in [-0.2, 0) is 11.4 Å². The number of nitrogens with one attached hydrogen (secondary N) is 1. The van der Waals surface area contributed by atoms with E-state index in [9.17, 15) is 0 Å². The molecule has 0 bridgehead atoms. The number of nitrogens with zero attached hydrogens (tertiary/aromatic N) is 2. The molecule has 1 N–H and O–H groups in total. The van der Waals surface area contributed by atoms with Gasteiger partial charge in [0.05, 0.1) is 6.54 Å². The average Bonchev–Trinajstić information content (AvgIpc) is 3.03. The number of amidine groups is 1. The maximum atomic E-state index is 5.16. The molecule has 0 radical (unpaired) electrons. The largest absolute Gasteiger partial charge is 0.340 e. The van der Waals surface area contributed by atoms with E-state index in [0.29, 0.717) is 6.54 Å². The molecule has 0 saturated heterocycles. The van der Waals surface area contributed by atoms with Crippen molar-refractivity contribution < 1.29 is 11.4 Å². The number of hydrogen-bond donors (Lipinski definition) is 1. The van der Waals surface area contributed by atoms with Gasteiger partial charge in [-0.3, -0.25) is 4.99 Å². The van der Waals surface area contributed by atoms with Crippen LogP contribution < -0.4 is 20.6 Å². The minimum absolute atomic E-state index is 0.653. The Morgan fingerprint density at radius 3 is 1.37 bits per heavy atom. The van der Waals surface area contributed by atoms with Gasteiger partial charge in [-0.05, 0) is 48.5 Å². The monoisotopic (exact) mass is 657 g/mol. The van der Waals surface area contributed by atoms with Crippen molar-refractivity contribution in [2.75, 3.05) is 18.0 Å². The zero-order valence-corrected chi connectivity index (χ0v) is 26.8.